The van der Waals surface area contributed by atoms with Crippen LogP contribution in [0, 0.1) is 11.6 Å². The van der Waals surface area contributed by atoms with E-state index >= 15 is 0 Å². The van der Waals surface area contributed by atoms with E-state index in [-0.39, 0.29) is 0 Å². The lowest BCUT2D eigenvalue weighted by atomic mass is 10.1. The maximum Gasteiger partial charge on any atom is 0.337 e. The SMILES string of the molecule is COC(=O)c1cccc(Cn2ccnc2Cc2ccc(F)c(F)c2)c1. The van der Waals surface area contributed by atoms with Crippen molar-refractivity contribution in [3.63, 3.8) is 0 Å². The van der Waals surface area contributed by atoms with Gasteiger partial charge in [-0.15, -0.1) is 0 Å². The Kier molecular flexibility index (Phi) is 4.88. The molecule has 25 heavy (non-hydrogen) atoms. The van der Waals surface area contributed by atoms with Gasteiger partial charge in [0.2, 0.25) is 0 Å². The minimum atomic E-state index is -0.874. The first-order valence-electron chi connectivity index (χ1n) is 7.68. The van der Waals surface area contributed by atoms with Gasteiger partial charge in [-0.1, -0.05) is 18.2 Å². The summed E-state index contributed by atoms with van der Waals surface area (Å²) < 4.78 is 33.0. The van der Waals surface area contributed by atoms with Crippen molar-refractivity contribution in [2.45, 2.75) is 13.0 Å². The number of halogens is 2. The topological polar surface area (TPSA) is 44.1 Å². The highest BCUT2D eigenvalue weighted by Crippen LogP contribution is 2.15. The number of hydrogen-bond donors (Lipinski definition) is 0. The van der Waals surface area contributed by atoms with Crippen molar-refractivity contribution >= 4 is 5.97 Å². The van der Waals surface area contributed by atoms with Crippen molar-refractivity contribution in [3.05, 3.63) is 89.0 Å². The molecular weight excluding hydrogens is 326 g/mol. The predicted molar refractivity (Wildman–Crippen MR) is 88.3 cm³/mol. The van der Waals surface area contributed by atoms with Crippen molar-refractivity contribution in [3.8, 4) is 0 Å². The normalized spacial score (nSPS) is 10.7. The zero-order chi connectivity index (χ0) is 17.8. The molecule has 1 heterocycles. The third kappa shape index (κ3) is 3.91. The highest BCUT2D eigenvalue weighted by molar-refractivity contribution is 5.89. The van der Waals surface area contributed by atoms with E-state index in [1.807, 2.05) is 10.6 Å². The summed E-state index contributed by atoms with van der Waals surface area (Å²) in [4.78, 5) is 15.9. The molecular formula is C19H16F2N2O2. The zero-order valence-electron chi connectivity index (χ0n) is 13.6. The van der Waals surface area contributed by atoms with Gasteiger partial charge in [-0.25, -0.2) is 18.6 Å². The van der Waals surface area contributed by atoms with Crippen LogP contribution in [0.1, 0.15) is 27.3 Å². The van der Waals surface area contributed by atoms with Crippen molar-refractivity contribution in [2.75, 3.05) is 7.11 Å². The van der Waals surface area contributed by atoms with Gasteiger partial charge in [0.1, 0.15) is 5.82 Å². The third-order valence-electron chi connectivity index (χ3n) is 3.85. The van der Waals surface area contributed by atoms with Gasteiger partial charge in [-0.2, -0.15) is 0 Å². The van der Waals surface area contributed by atoms with Crippen molar-refractivity contribution in [1.82, 2.24) is 9.55 Å². The summed E-state index contributed by atoms with van der Waals surface area (Å²) in [5.74, 6) is -1.42. The first-order valence-corrected chi connectivity index (χ1v) is 7.68. The average molecular weight is 342 g/mol. The van der Waals surface area contributed by atoms with Crippen molar-refractivity contribution in [2.24, 2.45) is 0 Å². The molecule has 0 fully saturated rings. The highest BCUT2D eigenvalue weighted by atomic mass is 19.2. The van der Waals surface area contributed by atoms with Crippen LogP contribution >= 0.6 is 0 Å². The number of carbonyl (C=O) groups is 1. The monoisotopic (exact) mass is 342 g/mol. The fourth-order valence-corrected chi connectivity index (χ4v) is 2.59. The molecule has 0 atom stereocenters. The Bertz CT molecular complexity index is 906. The number of carbonyl (C=O) groups excluding carboxylic acids is 1. The molecule has 0 radical (unpaired) electrons. The molecule has 2 aromatic carbocycles. The van der Waals surface area contributed by atoms with Gasteiger partial charge in [0.15, 0.2) is 11.6 Å². The number of methoxy groups -OCH3 is 1. The lowest BCUT2D eigenvalue weighted by molar-refractivity contribution is 0.0600. The zero-order valence-corrected chi connectivity index (χ0v) is 13.6. The van der Waals surface area contributed by atoms with E-state index in [0.717, 1.165) is 17.5 Å². The van der Waals surface area contributed by atoms with Crippen LogP contribution in [0.3, 0.4) is 0 Å². The van der Waals surface area contributed by atoms with Crippen LogP contribution in [-0.2, 0) is 17.7 Å². The molecule has 0 amide bonds. The fraction of sp³-hybridized carbons (Fsp3) is 0.158. The molecule has 0 aliphatic carbocycles. The Morgan fingerprint density at radius 3 is 2.72 bits per heavy atom. The molecule has 3 aromatic rings. The molecule has 0 unspecified atom stereocenters. The first kappa shape index (κ1) is 16.8. The van der Waals surface area contributed by atoms with Crippen LogP contribution in [0.25, 0.3) is 0 Å². The Morgan fingerprint density at radius 1 is 1.12 bits per heavy atom. The van der Waals surface area contributed by atoms with Gasteiger partial charge < -0.3 is 9.30 Å². The predicted octanol–water partition coefficient (Wildman–Crippen LogP) is 3.59. The molecule has 0 saturated heterocycles. The van der Waals surface area contributed by atoms with Crippen LogP contribution in [0.5, 0.6) is 0 Å². The quantitative estimate of drug-likeness (QED) is 0.666. The lowest BCUT2D eigenvalue weighted by Crippen LogP contribution is -2.07. The third-order valence-corrected chi connectivity index (χ3v) is 3.85. The molecule has 0 N–H and O–H groups in total. The van der Waals surface area contributed by atoms with Gasteiger partial charge in [-0.05, 0) is 35.4 Å². The molecule has 0 aliphatic rings. The molecule has 0 saturated carbocycles. The van der Waals surface area contributed by atoms with E-state index in [2.05, 4.69) is 4.98 Å². The van der Waals surface area contributed by atoms with Crippen molar-refractivity contribution in [1.29, 1.82) is 0 Å². The Hall–Kier alpha value is -3.02. The summed E-state index contributed by atoms with van der Waals surface area (Å²) in [5, 5.41) is 0. The summed E-state index contributed by atoms with van der Waals surface area (Å²) in [6, 6.07) is 10.9. The van der Waals surface area contributed by atoms with Crippen LogP contribution in [0.15, 0.2) is 54.9 Å². The minimum Gasteiger partial charge on any atom is -0.465 e. The average Bonchev–Trinajstić information content (AvgIpc) is 3.04. The first-order chi connectivity index (χ1) is 12.1. The molecule has 128 valence electrons. The summed E-state index contributed by atoms with van der Waals surface area (Å²) in [7, 11) is 1.34. The molecule has 0 bridgehead atoms. The van der Waals surface area contributed by atoms with Crippen molar-refractivity contribution < 1.29 is 18.3 Å². The van der Waals surface area contributed by atoms with Gasteiger partial charge >= 0.3 is 5.97 Å². The number of esters is 1. The van der Waals surface area contributed by atoms with Crippen LogP contribution in [0.4, 0.5) is 8.78 Å². The van der Waals surface area contributed by atoms with E-state index in [1.54, 1.807) is 30.6 Å². The van der Waals surface area contributed by atoms with Gasteiger partial charge in [-0.3, -0.25) is 0 Å². The number of ether oxygens (including phenoxy) is 1. The Labute approximate surface area is 143 Å². The number of nitrogens with zero attached hydrogens (tertiary/aromatic N) is 2. The molecule has 0 spiro atoms. The molecule has 1 aromatic heterocycles. The summed E-state index contributed by atoms with van der Waals surface area (Å²) >= 11 is 0. The van der Waals surface area contributed by atoms with E-state index < -0.39 is 17.6 Å². The fourth-order valence-electron chi connectivity index (χ4n) is 2.59. The standard InChI is InChI=1S/C19H16F2N2O2/c1-25-19(24)15-4-2-3-14(9-15)12-23-8-7-22-18(23)11-13-5-6-16(20)17(21)10-13/h2-10H,11-12H2,1H3. The lowest BCUT2D eigenvalue weighted by Gasteiger charge is -2.09. The second-order valence-corrected chi connectivity index (χ2v) is 5.59. The maximum absolute atomic E-state index is 13.4. The smallest absolute Gasteiger partial charge is 0.337 e. The number of hydrogen-bond acceptors (Lipinski definition) is 3. The summed E-state index contributed by atoms with van der Waals surface area (Å²) in [5.41, 5.74) is 2.02. The van der Waals surface area contributed by atoms with Crippen LogP contribution < -0.4 is 0 Å². The summed E-state index contributed by atoms with van der Waals surface area (Å²) in [6.07, 6.45) is 3.83. The number of imidazole rings is 1. The summed E-state index contributed by atoms with van der Waals surface area (Å²) in [6.45, 7) is 0.504. The number of aromatic nitrogens is 2. The van der Waals surface area contributed by atoms with Gasteiger partial charge in [0.05, 0.1) is 12.7 Å². The van der Waals surface area contributed by atoms with E-state index in [0.29, 0.717) is 24.1 Å². The maximum atomic E-state index is 13.4. The number of rotatable bonds is 5. The van der Waals surface area contributed by atoms with Gasteiger partial charge in [0.25, 0.3) is 0 Å². The van der Waals surface area contributed by atoms with E-state index in [4.69, 9.17) is 4.74 Å². The van der Waals surface area contributed by atoms with Gasteiger partial charge in [0, 0.05) is 25.4 Å². The van der Waals surface area contributed by atoms with E-state index in [9.17, 15) is 13.6 Å². The Morgan fingerprint density at radius 2 is 1.96 bits per heavy atom. The van der Waals surface area contributed by atoms with Crippen LogP contribution in [0.2, 0.25) is 0 Å². The van der Waals surface area contributed by atoms with E-state index in [1.165, 1.54) is 19.2 Å². The minimum absolute atomic E-state index is 0.376. The molecule has 3 rings (SSSR count). The Balaban J connectivity index is 1.80. The van der Waals surface area contributed by atoms with Crippen LogP contribution in [-0.4, -0.2) is 22.6 Å². The largest absolute Gasteiger partial charge is 0.465 e. The number of benzene rings is 2. The highest BCUT2D eigenvalue weighted by Gasteiger charge is 2.10. The molecule has 0 aliphatic heterocycles. The second-order valence-electron chi connectivity index (χ2n) is 5.59. The second kappa shape index (κ2) is 7.25. The molecule has 4 nitrogen and oxygen atoms in total. The molecule has 6 heteroatoms.